The fourth-order valence-corrected chi connectivity index (χ4v) is 7.28. The van der Waals surface area contributed by atoms with E-state index in [9.17, 15) is 14.9 Å². The Morgan fingerprint density at radius 3 is 2.57 bits per heavy atom. The monoisotopic (exact) mass is 682 g/mol. The van der Waals surface area contributed by atoms with Gasteiger partial charge in [-0.25, -0.2) is 19.0 Å². The highest BCUT2D eigenvalue weighted by atomic mass is 35.5. The lowest BCUT2D eigenvalue weighted by Crippen LogP contribution is -2.43. The van der Waals surface area contributed by atoms with E-state index in [2.05, 4.69) is 20.9 Å². The van der Waals surface area contributed by atoms with Gasteiger partial charge < -0.3 is 24.3 Å². The van der Waals surface area contributed by atoms with Gasteiger partial charge in [0.05, 0.1) is 22.2 Å². The SMILES string of the molecule is CN1CCC/C1=C/Oc1nc2c(F)c(-c3cccc4cccc(C#N)c34)c(Cl)cc2c2c1[nH]c(=O)n2C1CCN(C(=O)OC(C)(C)C)CC1. The summed E-state index contributed by atoms with van der Waals surface area (Å²) < 4.78 is 30.4. The van der Waals surface area contributed by atoms with Crippen LogP contribution in [0, 0.1) is 17.1 Å². The number of piperidine rings is 1. The highest BCUT2D eigenvalue weighted by Gasteiger charge is 2.31. The molecule has 2 fully saturated rings. The van der Waals surface area contributed by atoms with Crippen molar-refractivity contribution in [2.45, 2.75) is 58.1 Å². The highest BCUT2D eigenvalue weighted by molar-refractivity contribution is 6.35. The quantitative estimate of drug-likeness (QED) is 0.192. The molecule has 12 heteroatoms. The van der Waals surface area contributed by atoms with E-state index in [0.29, 0.717) is 58.9 Å². The van der Waals surface area contributed by atoms with Crippen molar-refractivity contribution in [1.82, 2.24) is 24.3 Å². The number of fused-ring (bicyclic) bond motifs is 4. The molecule has 2 aromatic heterocycles. The molecule has 2 aliphatic heterocycles. The van der Waals surface area contributed by atoms with E-state index in [1.54, 1.807) is 46.1 Å². The number of aromatic nitrogens is 3. The van der Waals surface area contributed by atoms with E-state index in [1.165, 1.54) is 0 Å². The number of likely N-dealkylation sites (tertiary alicyclic amines) is 2. The zero-order valence-corrected chi connectivity index (χ0v) is 28.5. The van der Waals surface area contributed by atoms with E-state index in [1.807, 2.05) is 40.0 Å². The van der Waals surface area contributed by atoms with Gasteiger partial charge in [-0.2, -0.15) is 5.26 Å². The second-order valence-electron chi connectivity index (χ2n) is 13.7. The highest BCUT2D eigenvalue weighted by Crippen LogP contribution is 2.43. The molecule has 252 valence electrons. The van der Waals surface area contributed by atoms with E-state index in [0.717, 1.165) is 30.5 Å². The molecule has 2 aliphatic rings. The van der Waals surface area contributed by atoms with Crippen molar-refractivity contribution < 1.29 is 18.7 Å². The molecule has 0 unspecified atom stereocenters. The molecule has 0 radical (unpaired) electrons. The lowest BCUT2D eigenvalue weighted by Gasteiger charge is -2.33. The second-order valence-corrected chi connectivity index (χ2v) is 14.1. The summed E-state index contributed by atoms with van der Waals surface area (Å²) >= 11 is 6.94. The van der Waals surface area contributed by atoms with Crippen molar-refractivity contribution in [3.63, 3.8) is 0 Å². The number of nitrogens with one attached hydrogen (secondary N) is 1. The number of halogens is 2. The van der Waals surface area contributed by atoms with E-state index < -0.39 is 23.2 Å². The van der Waals surface area contributed by atoms with E-state index in [-0.39, 0.29) is 28.0 Å². The first-order chi connectivity index (χ1) is 23.4. The van der Waals surface area contributed by atoms with Crippen LogP contribution in [0.25, 0.3) is 43.8 Å². The molecule has 3 aromatic carbocycles. The number of carbonyl (C=O) groups is 1. The number of H-pyrrole nitrogens is 1. The van der Waals surface area contributed by atoms with Crippen LogP contribution in [-0.4, -0.2) is 62.7 Å². The summed E-state index contributed by atoms with van der Waals surface area (Å²) in [6.45, 7) is 7.11. The van der Waals surface area contributed by atoms with Gasteiger partial charge >= 0.3 is 11.8 Å². The molecule has 0 saturated carbocycles. The number of benzene rings is 3. The molecular formula is C37H36ClFN6O4. The van der Waals surface area contributed by atoms with Gasteiger partial charge in [0.15, 0.2) is 5.82 Å². The molecule has 7 rings (SSSR count). The van der Waals surface area contributed by atoms with Crippen LogP contribution in [0.3, 0.4) is 0 Å². The van der Waals surface area contributed by atoms with Crippen molar-refractivity contribution in [2.24, 2.45) is 0 Å². The predicted octanol–water partition coefficient (Wildman–Crippen LogP) is 7.88. The smallest absolute Gasteiger partial charge is 0.410 e. The largest absolute Gasteiger partial charge is 0.444 e. The molecule has 10 nitrogen and oxygen atoms in total. The van der Waals surface area contributed by atoms with Gasteiger partial charge in [-0.05, 0) is 69.5 Å². The van der Waals surface area contributed by atoms with E-state index >= 15 is 4.39 Å². The first-order valence-electron chi connectivity index (χ1n) is 16.4. The summed E-state index contributed by atoms with van der Waals surface area (Å²) in [7, 11) is 1.97. The first kappa shape index (κ1) is 32.5. The number of pyridine rings is 1. The number of nitrogens with zero attached hydrogens (tertiary/aromatic N) is 5. The van der Waals surface area contributed by atoms with Crippen LogP contribution in [0.5, 0.6) is 5.88 Å². The Bertz CT molecular complexity index is 2270. The molecule has 0 bridgehead atoms. The van der Waals surface area contributed by atoms with Gasteiger partial charge in [0.1, 0.15) is 22.9 Å². The Hall–Kier alpha value is -5.08. The number of imidazole rings is 1. The second kappa shape index (κ2) is 12.4. The normalized spacial score (nSPS) is 16.6. The summed E-state index contributed by atoms with van der Waals surface area (Å²) in [4.78, 5) is 37.9. The predicted molar refractivity (Wildman–Crippen MR) is 187 cm³/mol. The molecule has 0 atom stereocenters. The van der Waals surface area contributed by atoms with Gasteiger partial charge in [-0.1, -0.05) is 41.9 Å². The summed E-state index contributed by atoms with van der Waals surface area (Å²) in [5.41, 5.74) is 1.60. The van der Waals surface area contributed by atoms with Gasteiger partial charge in [0.25, 0.3) is 0 Å². The zero-order valence-electron chi connectivity index (χ0n) is 27.8. The zero-order chi connectivity index (χ0) is 34.6. The van der Waals surface area contributed by atoms with Crippen molar-refractivity contribution >= 4 is 50.4 Å². The van der Waals surface area contributed by atoms with E-state index in [4.69, 9.17) is 21.1 Å². The first-order valence-corrected chi connectivity index (χ1v) is 16.8. The number of amides is 1. The molecule has 5 aromatic rings. The number of ether oxygens (including phenoxy) is 2. The summed E-state index contributed by atoms with van der Waals surface area (Å²) in [5, 5.41) is 11.7. The van der Waals surface area contributed by atoms with Crippen molar-refractivity contribution in [2.75, 3.05) is 26.7 Å². The van der Waals surface area contributed by atoms with Crippen molar-refractivity contribution in [1.29, 1.82) is 5.26 Å². The summed E-state index contributed by atoms with van der Waals surface area (Å²) in [6, 6.07) is 14.3. The minimum Gasteiger partial charge on any atom is -0.444 e. The standard InChI is InChI=1S/C37H36ClFN6O4/c1-37(2,3)49-36(47)44-16-13-23(14-17-44)45-33-26-18-27(38)29(25-12-6-9-21-8-5-10-22(19-40)28(21)25)30(39)31(26)41-34(32(33)42-35(45)46)48-20-24-11-7-15-43(24)4/h5-6,8-10,12,18,20,23H,7,11,13-17H2,1-4H3,(H,42,46)/b24-20-. The Labute approximate surface area is 287 Å². The number of carbonyl (C=O) groups excluding carboxylic acids is 1. The van der Waals surface area contributed by atoms with Gasteiger partial charge in [-0.15, -0.1) is 0 Å². The minimum absolute atomic E-state index is 0.0227. The van der Waals surface area contributed by atoms with Gasteiger partial charge in [0, 0.05) is 54.8 Å². The third-order valence-corrected chi connectivity index (χ3v) is 9.60. The molecule has 1 amide bonds. The Balaban J connectivity index is 1.41. The van der Waals surface area contributed by atoms with Crippen molar-refractivity contribution in [3.8, 4) is 23.1 Å². The average molecular weight is 683 g/mol. The number of hydrogen-bond donors (Lipinski definition) is 1. The molecule has 49 heavy (non-hydrogen) atoms. The number of nitriles is 1. The number of hydrogen-bond acceptors (Lipinski definition) is 7. The molecule has 2 saturated heterocycles. The van der Waals surface area contributed by atoms with Crippen LogP contribution < -0.4 is 10.4 Å². The lowest BCUT2D eigenvalue weighted by molar-refractivity contribution is 0.0189. The fourth-order valence-electron chi connectivity index (χ4n) is 6.98. The molecule has 4 heterocycles. The summed E-state index contributed by atoms with van der Waals surface area (Å²) in [6.07, 6.45) is 3.95. The maximum Gasteiger partial charge on any atom is 0.410 e. The fraction of sp³-hybridized carbons (Fsp3) is 0.351. The molecule has 1 N–H and O–H groups in total. The lowest BCUT2D eigenvalue weighted by atomic mass is 9.93. The van der Waals surface area contributed by atoms with Gasteiger partial charge in [-0.3, -0.25) is 4.57 Å². The Morgan fingerprint density at radius 1 is 1.16 bits per heavy atom. The third kappa shape index (κ3) is 5.84. The Kier molecular flexibility index (Phi) is 8.23. The third-order valence-electron chi connectivity index (χ3n) is 9.30. The topological polar surface area (TPSA) is 116 Å². The molecular weight excluding hydrogens is 647 g/mol. The molecule has 0 aliphatic carbocycles. The van der Waals surface area contributed by atoms with Gasteiger partial charge in [0.2, 0.25) is 5.88 Å². The number of aromatic amines is 1. The van der Waals surface area contributed by atoms with Crippen LogP contribution in [0.15, 0.2) is 59.2 Å². The number of rotatable bonds is 4. The summed E-state index contributed by atoms with van der Waals surface area (Å²) in [5.74, 6) is -0.639. The Morgan fingerprint density at radius 2 is 1.90 bits per heavy atom. The van der Waals surface area contributed by atoms with Crippen LogP contribution in [0.2, 0.25) is 5.02 Å². The van der Waals surface area contributed by atoms with Crippen molar-refractivity contribution in [3.05, 3.63) is 81.3 Å². The minimum atomic E-state index is -0.694. The number of allylic oxidation sites excluding steroid dienone is 1. The van der Waals surface area contributed by atoms with Crippen LogP contribution >= 0.6 is 11.6 Å². The molecule has 0 spiro atoms. The average Bonchev–Trinajstić information content (AvgIpc) is 3.64. The maximum absolute atomic E-state index is 17.1. The van der Waals surface area contributed by atoms with Crippen LogP contribution in [-0.2, 0) is 4.74 Å². The van der Waals surface area contributed by atoms with Crippen LogP contribution in [0.1, 0.15) is 58.1 Å². The van der Waals surface area contributed by atoms with Crippen LogP contribution in [0.4, 0.5) is 9.18 Å². The maximum atomic E-state index is 17.1.